The Kier molecular flexibility index (Phi) is 5.36. The topological polar surface area (TPSA) is 68.4 Å². The van der Waals surface area contributed by atoms with Crippen LogP contribution in [0.1, 0.15) is 0 Å². The molecule has 0 saturated carbocycles. The normalized spacial score (nSPS) is 10.4. The molecule has 0 aliphatic rings. The van der Waals surface area contributed by atoms with E-state index in [2.05, 4.69) is 4.98 Å². The number of nitrogens with two attached hydrogens (primary N) is 1. The molecule has 5 heteroatoms. The third-order valence-electron chi connectivity index (χ3n) is 1.49. The highest BCUT2D eigenvalue weighted by Gasteiger charge is 1.94. The van der Waals surface area contributed by atoms with Crippen LogP contribution in [-0.2, 0) is 4.74 Å². The van der Waals surface area contributed by atoms with E-state index < -0.39 is 0 Å². The van der Waals surface area contributed by atoms with Crippen molar-refractivity contribution in [3.63, 3.8) is 0 Å². The first-order valence-electron chi connectivity index (χ1n) is 4.36. The molecule has 0 bridgehead atoms. The van der Waals surface area contributed by atoms with Crippen molar-refractivity contribution in [3.8, 4) is 0 Å². The van der Waals surface area contributed by atoms with Crippen LogP contribution in [0, 0.1) is 0 Å². The summed E-state index contributed by atoms with van der Waals surface area (Å²) < 4.78 is 5.11. The zero-order valence-corrected chi connectivity index (χ0v) is 8.67. The van der Waals surface area contributed by atoms with Crippen LogP contribution in [0.5, 0.6) is 0 Å². The van der Waals surface area contributed by atoms with E-state index in [-0.39, 0.29) is 6.61 Å². The van der Waals surface area contributed by atoms with E-state index in [0.717, 1.165) is 10.6 Å². The number of nitrogen functional groups attached to an aromatic ring is 1. The van der Waals surface area contributed by atoms with Crippen LogP contribution in [0.3, 0.4) is 0 Å². The number of pyridine rings is 1. The van der Waals surface area contributed by atoms with Crippen LogP contribution >= 0.6 is 11.8 Å². The Balaban J connectivity index is 2.15. The summed E-state index contributed by atoms with van der Waals surface area (Å²) >= 11 is 1.65. The van der Waals surface area contributed by atoms with Gasteiger partial charge in [0.1, 0.15) is 5.82 Å². The second kappa shape index (κ2) is 6.64. The molecular formula is C9H14N2O2S. The predicted octanol–water partition coefficient (Wildman–Crippen LogP) is 0.765. The van der Waals surface area contributed by atoms with Crippen LogP contribution in [0.15, 0.2) is 23.2 Å². The van der Waals surface area contributed by atoms with Gasteiger partial charge in [0, 0.05) is 16.8 Å². The van der Waals surface area contributed by atoms with Crippen molar-refractivity contribution in [2.24, 2.45) is 0 Å². The number of anilines is 1. The van der Waals surface area contributed by atoms with Gasteiger partial charge >= 0.3 is 0 Å². The number of nitrogens with zero attached hydrogens (tertiary/aromatic N) is 1. The highest BCUT2D eigenvalue weighted by Crippen LogP contribution is 2.16. The fourth-order valence-corrected chi connectivity index (χ4v) is 1.59. The van der Waals surface area contributed by atoms with Gasteiger partial charge in [-0.25, -0.2) is 4.98 Å². The van der Waals surface area contributed by atoms with Crippen molar-refractivity contribution in [1.29, 1.82) is 0 Å². The number of rotatable bonds is 6. The average Bonchev–Trinajstić information content (AvgIpc) is 2.21. The van der Waals surface area contributed by atoms with E-state index >= 15 is 0 Å². The van der Waals surface area contributed by atoms with Gasteiger partial charge in [0.25, 0.3) is 0 Å². The lowest BCUT2D eigenvalue weighted by Gasteiger charge is -2.02. The first-order chi connectivity index (χ1) is 6.83. The summed E-state index contributed by atoms with van der Waals surface area (Å²) in [4.78, 5) is 5.05. The predicted molar refractivity (Wildman–Crippen MR) is 57.3 cm³/mol. The molecule has 1 rings (SSSR count). The first-order valence-corrected chi connectivity index (χ1v) is 5.34. The SMILES string of the molecule is Nc1ccc(SCCOCCO)cn1. The maximum Gasteiger partial charge on any atom is 0.123 e. The molecule has 0 unspecified atom stereocenters. The fourth-order valence-electron chi connectivity index (χ4n) is 0.862. The second-order valence-electron chi connectivity index (χ2n) is 2.60. The Morgan fingerprint density at radius 3 is 2.93 bits per heavy atom. The molecule has 0 atom stereocenters. The quantitative estimate of drug-likeness (QED) is 0.540. The molecule has 3 N–H and O–H groups in total. The number of thioether (sulfide) groups is 1. The largest absolute Gasteiger partial charge is 0.394 e. The summed E-state index contributed by atoms with van der Waals surface area (Å²) in [5, 5.41) is 8.46. The molecule has 0 amide bonds. The van der Waals surface area contributed by atoms with Crippen LogP contribution in [-0.4, -0.2) is 35.7 Å². The molecule has 1 aromatic heterocycles. The zero-order chi connectivity index (χ0) is 10.2. The summed E-state index contributed by atoms with van der Waals surface area (Å²) in [5.74, 6) is 1.39. The number of aromatic nitrogens is 1. The number of hydrogen-bond acceptors (Lipinski definition) is 5. The van der Waals surface area contributed by atoms with E-state index in [0.29, 0.717) is 19.0 Å². The van der Waals surface area contributed by atoms with Gasteiger partial charge < -0.3 is 15.6 Å². The summed E-state index contributed by atoms with van der Waals surface area (Å²) in [6.45, 7) is 1.12. The Morgan fingerprint density at radius 1 is 1.43 bits per heavy atom. The van der Waals surface area contributed by atoms with Gasteiger partial charge in [0.2, 0.25) is 0 Å². The van der Waals surface area contributed by atoms with Gasteiger partial charge in [-0.3, -0.25) is 0 Å². The van der Waals surface area contributed by atoms with Gasteiger partial charge in [-0.15, -0.1) is 11.8 Å². The highest BCUT2D eigenvalue weighted by molar-refractivity contribution is 7.99. The number of ether oxygens (including phenoxy) is 1. The third-order valence-corrected chi connectivity index (χ3v) is 2.44. The van der Waals surface area contributed by atoms with Crippen molar-refractivity contribution in [3.05, 3.63) is 18.3 Å². The van der Waals surface area contributed by atoms with Gasteiger partial charge in [0.05, 0.1) is 19.8 Å². The van der Waals surface area contributed by atoms with E-state index in [4.69, 9.17) is 15.6 Å². The van der Waals surface area contributed by atoms with Crippen molar-refractivity contribution in [2.45, 2.75) is 4.90 Å². The van der Waals surface area contributed by atoms with E-state index in [1.54, 1.807) is 24.0 Å². The molecular weight excluding hydrogens is 200 g/mol. The number of hydrogen-bond donors (Lipinski definition) is 2. The molecule has 0 fully saturated rings. The average molecular weight is 214 g/mol. The molecule has 0 aliphatic carbocycles. The lowest BCUT2D eigenvalue weighted by atomic mass is 10.5. The molecule has 1 heterocycles. The van der Waals surface area contributed by atoms with Crippen LogP contribution < -0.4 is 5.73 Å². The van der Waals surface area contributed by atoms with Gasteiger partial charge in [-0.1, -0.05) is 0 Å². The first kappa shape index (κ1) is 11.3. The van der Waals surface area contributed by atoms with E-state index in [9.17, 15) is 0 Å². The fraction of sp³-hybridized carbons (Fsp3) is 0.444. The summed E-state index contributed by atoms with van der Waals surface area (Å²) in [7, 11) is 0. The van der Waals surface area contributed by atoms with Gasteiger partial charge in [-0.05, 0) is 12.1 Å². The summed E-state index contributed by atoms with van der Waals surface area (Å²) in [6.07, 6.45) is 1.74. The Labute approximate surface area is 87.5 Å². The van der Waals surface area contributed by atoms with Crippen molar-refractivity contribution < 1.29 is 9.84 Å². The van der Waals surface area contributed by atoms with Crippen molar-refractivity contribution >= 4 is 17.6 Å². The lowest BCUT2D eigenvalue weighted by Crippen LogP contribution is -2.02. The molecule has 0 spiro atoms. The molecule has 4 nitrogen and oxygen atoms in total. The van der Waals surface area contributed by atoms with Gasteiger partial charge in [-0.2, -0.15) is 0 Å². The molecule has 0 radical (unpaired) electrons. The summed E-state index contributed by atoms with van der Waals surface area (Å²) in [6, 6.07) is 3.70. The standard InChI is InChI=1S/C9H14N2O2S/c10-9-2-1-8(7-11-9)14-6-5-13-4-3-12/h1-2,7,12H,3-6H2,(H2,10,11). The molecule has 78 valence electrons. The lowest BCUT2D eigenvalue weighted by molar-refractivity contribution is 0.103. The van der Waals surface area contributed by atoms with Crippen molar-refractivity contribution in [2.75, 3.05) is 31.3 Å². The smallest absolute Gasteiger partial charge is 0.123 e. The highest BCUT2D eigenvalue weighted by atomic mass is 32.2. The third kappa shape index (κ3) is 4.45. The van der Waals surface area contributed by atoms with Crippen molar-refractivity contribution in [1.82, 2.24) is 4.98 Å². The van der Waals surface area contributed by atoms with Crippen LogP contribution in [0.4, 0.5) is 5.82 Å². The van der Waals surface area contributed by atoms with E-state index in [1.165, 1.54) is 0 Å². The Morgan fingerprint density at radius 2 is 2.29 bits per heavy atom. The maximum absolute atomic E-state index is 8.46. The minimum atomic E-state index is 0.0775. The number of aliphatic hydroxyl groups excluding tert-OH is 1. The molecule has 1 aromatic rings. The van der Waals surface area contributed by atoms with Gasteiger partial charge in [0.15, 0.2) is 0 Å². The van der Waals surface area contributed by atoms with Crippen LogP contribution in [0.25, 0.3) is 0 Å². The minimum Gasteiger partial charge on any atom is -0.394 e. The zero-order valence-electron chi connectivity index (χ0n) is 7.85. The molecule has 14 heavy (non-hydrogen) atoms. The molecule has 0 aliphatic heterocycles. The van der Waals surface area contributed by atoms with E-state index in [1.807, 2.05) is 6.07 Å². The summed E-state index contributed by atoms with van der Waals surface area (Å²) in [5.41, 5.74) is 5.45. The second-order valence-corrected chi connectivity index (χ2v) is 3.77. The molecule has 0 saturated heterocycles. The Hall–Kier alpha value is -0.780. The Bertz CT molecular complexity index is 253. The minimum absolute atomic E-state index is 0.0775. The maximum atomic E-state index is 8.46. The monoisotopic (exact) mass is 214 g/mol. The molecule has 0 aromatic carbocycles. The number of aliphatic hydroxyl groups is 1. The van der Waals surface area contributed by atoms with Crippen LogP contribution in [0.2, 0.25) is 0 Å².